The second kappa shape index (κ2) is 15.0. The van der Waals surface area contributed by atoms with E-state index < -0.39 is 0 Å². The summed E-state index contributed by atoms with van der Waals surface area (Å²) in [5, 5.41) is 10.7. The Balaban J connectivity index is 0.00000167. The topological polar surface area (TPSA) is 44.7 Å². The maximum atomic E-state index is 7.00. The smallest absolute Gasteiger partial charge is 0.118 e. The average molecular weight is 471 g/mol. The first kappa shape index (κ1) is 26.5. The fraction of sp³-hybridized carbons (Fsp3) is 0.355. The molecule has 1 aliphatic rings. The molecule has 0 aliphatic carbocycles. The summed E-state index contributed by atoms with van der Waals surface area (Å²) in [4.78, 5) is 2.61. The van der Waals surface area contributed by atoms with E-state index in [-0.39, 0.29) is 0 Å². The predicted octanol–water partition coefficient (Wildman–Crippen LogP) is 5.06. The maximum absolute atomic E-state index is 7.00. The van der Waals surface area contributed by atoms with Gasteiger partial charge in [0.2, 0.25) is 0 Å². The van der Waals surface area contributed by atoms with Crippen molar-refractivity contribution >= 4 is 0 Å². The van der Waals surface area contributed by atoms with Gasteiger partial charge < -0.3 is 15.2 Å². The van der Waals surface area contributed by atoms with Crippen LogP contribution in [0.3, 0.4) is 0 Å². The van der Waals surface area contributed by atoms with Gasteiger partial charge in [-0.25, -0.2) is 0 Å². The molecule has 4 heteroatoms. The van der Waals surface area contributed by atoms with E-state index in [0.717, 1.165) is 63.1 Å². The molecule has 4 rings (SSSR count). The molecule has 0 saturated carbocycles. The summed E-state index contributed by atoms with van der Waals surface area (Å²) < 4.78 is 5.31. The zero-order chi connectivity index (χ0) is 24.7. The molecule has 184 valence electrons. The van der Waals surface area contributed by atoms with Crippen molar-refractivity contribution in [2.24, 2.45) is 0 Å². The van der Waals surface area contributed by atoms with Crippen molar-refractivity contribution < 1.29 is 9.84 Å². The fourth-order valence-corrected chi connectivity index (χ4v) is 4.35. The monoisotopic (exact) mass is 470 g/mol. The van der Waals surface area contributed by atoms with Gasteiger partial charge in [-0.05, 0) is 92.3 Å². The van der Waals surface area contributed by atoms with Gasteiger partial charge in [-0.3, -0.25) is 4.90 Å². The number of methoxy groups -OCH3 is 1. The highest BCUT2D eigenvalue weighted by molar-refractivity contribution is 5.43. The molecule has 0 radical (unpaired) electrons. The molecule has 3 aromatic carbocycles. The number of aliphatic hydroxyl groups excluding tert-OH is 1. The first-order valence-electron chi connectivity index (χ1n) is 12.5. The molecular formula is C31H38N2O2. The maximum Gasteiger partial charge on any atom is 0.118 e. The van der Waals surface area contributed by atoms with E-state index in [1.54, 1.807) is 7.11 Å². The molecule has 1 atom stereocenters. The van der Waals surface area contributed by atoms with Crippen LogP contribution >= 0.6 is 0 Å². The lowest BCUT2D eigenvalue weighted by atomic mass is 9.94. The van der Waals surface area contributed by atoms with Crippen LogP contribution < -0.4 is 10.1 Å². The molecule has 1 heterocycles. The lowest BCUT2D eigenvalue weighted by molar-refractivity contribution is 0.242. The Kier molecular flexibility index (Phi) is 11.4. The quantitative estimate of drug-likeness (QED) is 0.523. The first-order valence-corrected chi connectivity index (χ1v) is 12.5. The minimum atomic E-state index is 0.512. The molecule has 1 aliphatic heterocycles. The third-order valence-electron chi connectivity index (χ3n) is 6.33. The first-order chi connectivity index (χ1) is 17.3. The summed E-state index contributed by atoms with van der Waals surface area (Å²) in [6.45, 7) is 5.37. The minimum Gasteiger partial charge on any atom is -0.497 e. The largest absolute Gasteiger partial charge is 0.497 e. The normalized spacial score (nSPS) is 16.7. The molecule has 0 spiro atoms. The third-order valence-corrected chi connectivity index (χ3v) is 6.33. The number of nitrogens with zero attached hydrogens (tertiary/aromatic N) is 1. The van der Waals surface area contributed by atoms with Crippen molar-refractivity contribution in [2.45, 2.75) is 31.7 Å². The number of hydrogen-bond donors (Lipinski definition) is 2. The van der Waals surface area contributed by atoms with Crippen LogP contribution in [0, 0.1) is 11.8 Å². The SMILES string of the molecule is CO.COc1ccc(CN2CCCCNC[C@H](c3ccc(C#Cc4ccccc4)cc3)CC2)cc1. The Hall–Kier alpha value is -3.10. The lowest BCUT2D eigenvalue weighted by Crippen LogP contribution is -2.32. The van der Waals surface area contributed by atoms with Gasteiger partial charge in [0.05, 0.1) is 7.11 Å². The summed E-state index contributed by atoms with van der Waals surface area (Å²) >= 11 is 0. The van der Waals surface area contributed by atoms with Gasteiger partial charge in [0, 0.05) is 31.3 Å². The highest BCUT2D eigenvalue weighted by Gasteiger charge is 2.16. The van der Waals surface area contributed by atoms with Crippen molar-refractivity contribution in [2.75, 3.05) is 40.4 Å². The number of rotatable bonds is 4. The molecule has 35 heavy (non-hydrogen) atoms. The van der Waals surface area contributed by atoms with Crippen LogP contribution in [-0.2, 0) is 6.54 Å². The van der Waals surface area contributed by atoms with Crippen LogP contribution in [0.15, 0.2) is 78.9 Å². The van der Waals surface area contributed by atoms with Gasteiger partial charge in [-0.1, -0.05) is 54.3 Å². The molecule has 2 N–H and O–H groups in total. The zero-order valence-corrected chi connectivity index (χ0v) is 21.0. The van der Waals surface area contributed by atoms with Gasteiger partial charge in [-0.2, -0.15) is 0 Å². The molecule has 3 aromatic rings. The Morgan fingerprint density at radius 3 is 2.23 bits per heavy atom. The van der Waals surface area contributed by atoms with Gasteiger partial charge in [0.25, 0.3) is 0 Å². The molecule has 0 bridgehead atoms. The summed E-state index contributed by atoms with van der Waals surface area (Å²) in [6.07, 6.45) is 3.61. The number of aliphatic hydroxyl groups is 1. The van der Waals surface area contributed by atoms with Crippen molar-refractivity contribution in [3.8, 4) is 17.6 Å². The van der Waals surface area contributed by atoms with Gasteiger partial charge >= 0.3 is 0 Å². The minimum absolute atomic E-state index is 0.512. The summed E-state index contributed by atoms with van der Waals surface area (Å²) in [5.41, 5.74) is 4.87. The fourth-order valence-electron chi connectivity index (χ4n) is 4.35. The van der Waals surface area contributed by atoms with E-state index in [4.69, 9.17) is 9.84 Å². The average Bonchev–Trinajstić information content (AvgIpc) is 2.93. The molecule has 1 saturated heterocycles. The van der Waals surface area contributed by atoms with Crippen molar-refractivity contribution in [1.29, 1.82) is 0 Å². The summed E-state index contributed by atoms with van der Waals surface area (Å²) in [7, 11) is 2.72. The van der Waals surface area contributed by atoms with Crippen LogP contribution in [0.4, 0.5) is 0 Å². The lowest BCUT2D eigenvalue weighted by Gasteiger charge is -2.27. The van der Waals surface area contributed by atoms with Crippen molar-refractivity contribution in [3.05, 3.63) is 101 Å². The van der Waals surface area contributed by atoms with E-state index in [0.29, 0.717) is 5.92 Å². The standard InChI is InChI=1S/C30H34N2O.CH4O/c1-33-30-17-13-27(14-18-30)24-32-21-6-5-20-31-23-29(19-22-32)28-15-11-26(12-16-28)10-9-25-7-3-2-4-8-25;1-2/h2-4,7-8,11-18,29,31H,5-6,19-24H2,1H3;2H,1H3/t29-;/m1./s1. The highest BCUT2D eigenvalue weighted by atomic mass is 16.5. The molecule has 0 unspecified atom stereocenters. The highest BCUT2D eigenvalue weighted by Crippen LogP contribution is 2.22. The van der Waals surface area contributed by atoms with E-state index >= 15 is 0 Å². The molecular weight excluding hydrogens is 432 g/mol. The molecule has 0 amide bonds. The Morgan fingerprint density at radius 1 is 0.857 bits per heavy atom. The van der Waals surface area contributed by atoms with Crippen molar-refractivity contribution in [1.82, 2.24) is 10.2 Å². The van der Waals surface area contributed by atoms with Gasteiger partial charge in [0.15, 0.2) is 0 Å². The van der Waals surface area contributed by atoms with Crippen LogP contribution in [0.25, 0.3) is 0 Å². The third kappa shape index (κ3) is 8.88. The Morgan fingerprint density at radius 2 is 1.54 bits per heavy atom. The van der Waals surface area contributed by atoms with Gasteiger partial charge in [-0.15, -0.1) is 0 Å². The number of ether oxygens (including phenoxy) is 1. The Labute approximate surface area is 211 Å². The molecule has 1 fully saturated rings. The van der Waals surface area contributed by atoms with Gasteiger partial charge in [0.1, 0.15) is 5.75 Å². The number of nitrogens with one attached hydrogen (secondary N) is 1. The molecule has 0 aromatic heterocycles. The number of hydrogen-bond acceptors (Lipinski definition) is 4. The summed E-state index contributed by atoms with van der Waals surface area (Å²) in [5.74, 6) is 7.97. The van der Waals surface area contributed by atoms with Crippen LogP contribution in [0.1, 0.15) is 47.4 Å². The second-order valence-corrected chi connectivity index (χ2v) is 8.76. The van der Waals surface area contributed by atoms with E-state index in [1.807, 2.05) is 30.3 Å². The van der Waals surface area contributed by atoms with E-state index in [2.05, 4.69) is 70.6 Å². The van der Waals surface area contributed by atoms with Crippen LogP contribution in [0.2, 0.25) is 0 Å². The summed E-state index contributed by atoms with van der Waals surface area (Å²) in [6, 6.07) is 27.5. The molecule has 4 nitrogen and oxygen atoms in total. The number of benzene rings is 3. The predicted molar refractivity (Wildman–Crippen MR) is 145 cm³/mol. The second-order valence-electron chi connectivity index (χ2n) is 8.76. The zero-order valence-electron chi connectivity index (χ0n) is 21.0. The van der Waals surface area contributed by atoms with Crippen LogP contribution in [0.5, 0.6) is 5.75 Å². The Bertz CT molecular complexity index is 1040. The van der Waals surface area contributed by atoms with E-state index in [9.17, 15) is 0 Å². The van der Waals surface area contributed by atoms with E-state index in [1.165, 1.54) is 24.0 Å². The van der Waals surface area contributed by atoms with Crippen molar-refractivity contribution in [3.63, 3.8) is 0 Å². The van der Waals surface area contributed by atoms with Crippen LogP contribution in [-0.4, -0.2) is 50.4 Å².